The van der Waals surface area contributed by atoms with E-state index in [9.17, 15) is 9.59 Å². The molecule has 4 rings (SSSR count). The molecular weight excluding hydrogens is 799 g/mol. The Kier molecular flexibility index (Phi) is 24.5. The lowest BCUT2D eigenvalue weighted by Gasteiger charge is -2.35. The van der Waals surface area contributed by atoms with Crippen molar-refractivity contribution in [1.82, 2.24) is 34.6 Å². The number of aromatic nitrogens is 3. The number of hydrogen-bond acceptors (Lipinski definition) is 15. The first-order valence-electron chi connectivity index (χ1n) is 22.2. The molecule has 2 aromatic heterocycles. The van der Waals surface area contributed by atoms with Gasteiger partial charge in [0.2, 0.25) is 17.8 Å². The summed E-state index contributed by atoms with van der Waals surface area (Å²) in [5, 5.41) is 6.30. The topological polar surface area (TPSA) is 189 Å². The molecule has 1 fully saturated rings. The van der Waals surface area contributed by atoms with Crippen LogP contribution in [-0.2, 0) is 51.1 Å². The maximum Gasteiger partial charge on any atom is 0.224 e. The van der Waals surface area contributed by atoms with Crippen molar-refractivity contribution in [2.75, 3.05) is 157 Å². The molecular formula is C44H73N9O9. The first kappa shape index (κ1) is 50.5. The van der Waals surface area contributed by atoms with Gasteiger partial charge in [-0.2, -0.15) is 4.98 Å². The summed E-state index contributed by atoms with van der Waals surface area (Å²) in [5.41, 5.74) is 9.98. The molecule has 1 aliphatic rings. The van der Waals surface area contributed by atoms with Crippen LogP contribution >= 0.6 is 0 Å². The van der Waals surface area contributed by atoms with Crippen molar-refractivity contribution < 1.29 is 42.7 Å². The highest BCUT2D eigenvalue weighted by Gasteiger charge is 2.21. The third kappa shape index (κ3) is 19.5. The summed E-state index contributed by atoms with van der Waals surface area (Å²) in [7, 11) is 5.59. The maximum absolute atomic E-state index is 12.9. The van der Waals surface area contributed by atoms with Gasteiger partial charge in [0.05, 0.1) is 105 Å². The van der Waals surface area contributed by atoms with E-state index < -0.39 is 0 Å². The van der Waals surface area contributed by atoms with Crippen LogP contribution < -0.4 is 21.1 Å². The number of hydrogen-bond donors (Lipinski definition) is 3. The number of rotatable bonds is 34. The fourth-order valence-corrected chi connectivity index (χ4v) is 6.77. The number of methoxy groups -OCH3 is 1. The van der Waals surface area contributed by atoms with Crippen molar-refractivity contribution in [3.63, 3.8) is 0 Å². The lowest BCUT2D eigenvalue weighted by Crippen LogP contribution is -2.48. The largest absolute Gasteiger partial charge is 0.496 e. The number of nitrogen functional groups attached to an aromatic ring is 1. The first-order chi connectivity index (χ1) is 30.3. The summed E-state index contributed by atoms with van der Waals surface area (Å²) >= 11 is 0. The number of piperazine rings is 1. The Hall–Kier alpha value is -4.14. The number of amides is 2. The highest BCUT2D eigenvalue weighted by atomic mass is 16.6. The Bertz CT molecular complexity index is 1710. The van der Waals surface area contributed by atoms with Crippen molar-refractivity contribution in [3.8, 4) is 5.75 Å². The second kappa shape index (κ2) is 30.0. The number of carbonyl (C=O) groups excluding carboxylic acids is 2. The molecule has 4 N–H and O–H groups in total. The number of carbonyl (C=O) groups is 2. The van der Waals surface area contributed by atoms with Gasteiger partial charge in [-0.25, -0.2) is 4.98 Å². The number of ether oxygens (including phenoxy) is 7. The molecule has 3 heterocycles. The smallest absolute Gasteiger partial charge is 0.224 e. The molecule has 0 aliphatic carbocycles. The molecule has 0 saturated carbocycles. The van der Waals surface area contributed by atoms with Crippen LogP contribution in [0.25, 0.3) is 11.0 Å². The second-order valence-corrected chi connectivity index (χ2v) is 15.4. The maximum atomic E-state index is 12.9. The van der Waals surface area contributed by atoms with E-state index in [-0.39, 0.29) is 17.8 Å². The van der Waals surface area contributed by atoms with E-state index >= 15 is 0 Å². The van der Waals surface area contributed by atoms with Gasteiger partial charge in [0.1, 0.15) is 11.3 Å². The molecule has 1 aliphatic heterocycles. The van der Waals surface area contributed by atoms with Crippen molar-refractivity contribution in [2.45, 2.75) is 52.1 Å². The van der Waals surface area contributed by atoms with Gasteiger partial charge in [0.15, 0.2) is 5.82 Å². The minimum absolute atomic E-state index is 0.0294. The van der Waals surface area contributed by atoms with Crippen molar-refractivity contribution in [3.05, 3.63) is 41.6 Å². The van der Waals surface area contributed by atoms with Crippen LogP contribution in [-0.4, -0.2) is 187 Å². The molecule has 18 nitrogen and oxygen atoms in total. The Morgan fingerprint density at radius 2 is 1.39 bits per heavy atom. The van der Waals surface area contributed by atoms with Crippen LogP contribution in [0, 0.1) is 0 Å². The number of nitrogens with two attached hydrogens (primary N) is 1. The summed E-state index contributed by atoms with van der Waals surface area (Å²) in [4.78, 5) is 39.7. The standard InChI is InChI=1S/C44H73N9O9/c1-5-6-7-13-47-43-42-38(48-44(45)49-43)10-16-53(42)35-37-9-8-36(33-39(37)56-4)34-51-17-19-52(20-18-51)41(55)12-21-57-23-25-59-27-29-61-31-32-62-30-28-60-26-24-58-22-14-46-40(54)11-15-50(2)3/h8-10,16,33H,5-7,11-15,17-32,34-35H2,1-4H3,(H,46,54)(H3,45,47,48,49). The van der Waals surface area contributed by atoms with Gasteiger partial charge in [-0.3, -0.25) is 14.5 Å². The number of unbranched alkanes of at least 4 members (excludes halogenated alkanes) is 2. The van der Waals surface area contributed by atoms with Gasteiger partial charge in [-0.1, -0.05) is 31.9 Å². The van der Waals surface area contributed by atoms with Crippen LogP contribution in [0.2, 0.25) is 0 Å². The molecule has 0 bridgehead atoms. The highest BCUT2D eigenvalue weighted by molar-refractivity contribution is 5.87. The highest BCUT2D eigenvalue weighted by Crippen LogP contribution is 2.27. The van der Waals surface area contributed by atoms with Gasteiger partial charge >= 0.3 is 0 Å². The van der Waals surface area contributed by atoms with Gasteiger partial charge < -0.3 is 63.9 Å². The predicted molar refractivity (Wildman–Crippen MR) is 240 cm³/mol. The number of fused-ring (bicyclic) bond motifs is 1. The normalized spacial score (nSPS) is 13.3. The number of nitrogens with one attached hydrogen (secondary N) is 2. The van der Waals surface area contributed by atoms with Crippen molar-refractivity contribution in [2.24, 2.45) is 0 Å². The molecule has 0 radical (unpaired) electrons. The Balaban J connectivity index is 0.975. The molecule has 18 heteroatoms. The molecule has 3 aromatic rings. The second-order valence-electron chi connectivity index (χ2n) is 15.4. The summed E-state index contributed by atoms with van der Waals surface area (Å²) in [5.74, 6) is 1.99. The minimum Gasteiger partial charge on any atom is -0.496 e. The zero-order valence-electron chi connectivity index (χ0n) is 37.7. The molecule has 62 heavy (non-hydrogen) atoms. The molecule has 1 saturated heterocycles. The summed E-state index contributed by atoms with van der Waals surface area (Å²) in [6, 6.07) is 8.37. The molecule has 1 aromatic carbocycles. The average molecular weight is 872 g/mol. The molecule has 2 amide bonds. The lowest BCUT2D eigenvalue weighted by molar-refractivity contribution is -0.134. The fourth-order valence-electron chi connectivity index (χ4n) is 6.77. The van der Waals surface area contributed by atoms with Gasteiger partial charge in [-0.15, -0.1) is 0 Å². The van der Waals surface area contributed by atoms with Crippen molar-refractivity contribution >= 4 is 34.6 Å². The van der Waals surface area contributed by atoms with Crippen LogP contribution in [0.1, 0.15) is 50.2 Å². The van der Waals surface area contributed by atoms with Crippen LogP contribution in [0.15, 0.2) is 30.5 Å². The average Bonchev–Trinajstić information content (AvgIpc) is 3.67. The molecule has 0 atom stereocenters. The van der Waals surface area contributed by atoms with Gasteiger partial charge in [-0.05, 0) is 38.2 Å². The number of anilines is 2. The Morgan fingerprint density at radius 1 is 0.758 bits per heavy atom. The third-order valence-corrected chi connectivity index (χ3v) is 10.2. The van der Waals surface area contributed by atoms with Crippen molar-refractivity contribution in [1.29, 1.82) is 0 Å². The summed E-state index contributed by atoms with van der Waals surface area (Å²) in [6.07, 6.45) is 6.23. The van der Waals surface area contributed by atoms with Crippen LogP contribution in [0.5, 0.6) is 5.75 Å². The Morgan fingerprint density at radius 3 is 2.00 bits per heavy atom. The first-order valence-corrected chi connectivity index (χ1v) is 22.2. The van der Waals surface area contributed by atoms with E-state index in [1.54, 1.807) is 7.11 Å². The number of nitrogens with zero attached hydrogens (tertiary/aromatic N) is 6. The predicted octanol–water partition coefficient (Wildman–Crippen LogP) is 2.87. The monoisotopic (exact) mass is 872 g/mol. The van der Waals surface area contributed by atoms with Crippen LogP contribution in [0.4, 0.5) is 11.8 Å². The quantitative estimate of drug-likeness (QED) is 0.0743. The Labute approximate surface area is 368 Å². The van der Waals surface area contributed by atoms with E-state index in [1.807, 2.05) is 36.2 Å². The lowest BCUT2D eigenvalue weighted by atomic mass is 10.1. The fraction of sp³-hybridized carbons (Fsp3) is 0.682. The van der Waals surface area contributed by atoms with E-state index in [1.165, 1.54) is 0 Å². The zero-order chi connectivity index (χ0) is 44.2. The molecule has 0 unspecified atom stereocenters. The summed E-state index contributed by atoms with van der Waals surface area (Å²) < 4.78 is 41.2. The van der Waals surface area contributed by atoms with Crippen LogP contribution in [0.3, 0.4) is 0 Å². The number of benzene rings is 1. The van der Waals surface area contributed by atoms with Gasteiger partial charge in [0, 0.05) is 70.5 Å². The summed E-state index contributed by atoms with van der Waals surface area (Å²) in [6.45, 7) is 14.1. The van der Waals surface area contributed by atoms with E-state index in [2.05, 4.69) is 55.2 Å². The molecule has 0 spiro atoms. The SMILES string of the molecule is CCCCCNc1nc(N)nc2ccn(Cc3ccc(CN4CCN(C(=O)CCOCCOCCOCCOCCOCCOCCNC(=O)CCN(C)C)CC4)cc3OC)c12. The van der Waals surface area contributed by atoms with E-state index in [0.29, 0.717) is 118 Å². The zero-order valence-corrected chi connectivity index (χ0v) is 37.7. The molecule has 348 valence electrons. The van der Waals surface area contributed by atoms with E-state index in [0.717, 1.165) is 85.7 Å². The van der Waals surface area contributed by atoms with Gasteiger partial charge in [0.25, 0.3) is 0 Å². The minimum atomic E-state index is 0.0294. The third-order valence-electron chi connectivity index (χ3n) is 10.2. The van der Waals surface area contributed by atoms with E-state index in [4.69, 9.17) is 38.9 Å².